The number of amides is 3. The van der Waals surface area contributed by atoms with Gasteiger partial charge in [0.1, 0.15) is 6.54 Å². The first-order chi connectivity index (χ1) is 12.6. The Bertz CT molecular complexity index is 874. The molecule has 0 bridgehead atoms. The van der Waals surface area contributed by atoms with Crippen LogP contribution in [0, 0.1) is 0 Å². The minimum atomic E-state index is -0.412. The van der Waals surface area contributed by atoms with Gasteiger partial charge in [0.25, 0.3) is 11.8 Å². The minimum absolute atomic E-state index is 0.120. The third-order valence-corrected chi connectivity index (χ3v) is 4.99. The SMILES string of the molecule is CN1CCC(NC(=O)CN2C(=O)c3ccccc3C2=O)c2ccccc21. The van der Waals surface area contributed by atoms with Crippen molar-refractivity contribution in [3.8, 4) is 0 Å². The number of fused-ring (bicyclic) bond motifs is 2. The van der Waals surface area contributed by atoms with Crippen LogP contribution in [0.5, 0.6) is 0 Å². The van der Waals surface area contributed by atoms with Crippen LogP contribution >= 0.6 is 0 Å². The molecule has 1 unspecified atom stereocenters. The van der Waals surface area contributed by atoms with Crippen molar-refractivity contribution in [2.24, 2.45) is 0 Å². The first-order valence-electron chi connectivity index (χ1n) is 8.61. The van der Waals surface area contributed by atoms with Gasteiger partial charge in [-0.1, -0.05) is 30.3 Å². The molecule has 132 valence electrons. The van der Waals surface area contributed by atoms with Crippen molar-refractivity contribution in [1.82, 2.24) is 10.2 Å². The highest BCUT2D eigenvalue weighted by Gasteiger charge is 2.36. The predicted molar refractivity (Wildman–Crippen MR) is 97.0 cm³/mol. The van der Waals surface area contributed by atoms with E-state index < -0.39 is 11.8 Å². The molecule has 0 fully saturated rings. The van der Waals surface area contributed by atoms with Gasteiger partial charge in [0.15, 0.2) is 0 Å². The molecule has 0 saturated heterocycles. The number of anilines is 1. The van der Waals surface area contributed by atoms with Crippen LogP contribution in [0.25, 0.3) is 0 Å². The molecule has 1 N–H and O–H groups in total. The topological polar surface area (TPSA) is 69.7 Å². The zero-order chi connectivity index (χ0) is 18.3. The first kappa shape index (κ1) is 16.3. The Morgan fingerprint density at radius 3 is 2.35 bits per heavy atom. The fourth-order valence-corrected chi connectivity index (χ4v) is 3.64. The molecule has 0 radical (unpaired) electrons. The summed E-state index contributed by atoms with van der Waals surface area (Å²) < 4.78 is 0. The number of hydrogen-bond acceptors (Lipinski definition) is 4. The van der Waals surface area contributed by atoms with Gasteiger partial charge in [-0.05, 0) is 30.2 Å². The standard InChI is InChI=1S/C20H19N3O3/c1-22-11-10-16(15-8-4-5-9-17(15)22)21-18(24)12-23-19(25)13-6-2-3-7-14(13)20(23)26/h2-9,16H,10-12H2,1H3,(H,21,24). The lowest BCUT2D eigenvalue weighted by molar-refractivity contribution is -0.122. The molecule has 2 aliphatic rings. The maximum absolute atomic E-state index is 12.5. The average molecular weight is 349 g/mol. The van der Waals surface area contributed by atoms with Crippen LogP contribution in [0.15, 0.2) is 48.5 Å². The van der Waals surface area contributed by atoms with Crippen LogP contribution in [-0.4, -0.2) is 42.8 Å². The van der Waals surface area contributed by atoms with Crippen molar-refractivity contribution in [2.45, 2.75) is 12.5 Å². The molecule has 1 atom stereocenters. The summed E-state index contributed by atoms with van der Waals surface area (Å²) in [6.45, 7) is 0.565. The number of carbonyl (C=O) groups is 3. The maximum Gasteiger partial charge on any atom is 0.262 e. The smallest absolute Gasteiger partial charge is 0.262 e. The maximum atomic E-state index is 12.5. The first-order valence-corrected chi connectivity index (χ1v) is 8.61. The van der Waals surface area contributed by atoms with E-state index in [2.05, 4.69) is 10.2 Å². The lowest BCUT2D eigenvalue weighted by atomic mass is 9.97. The third kappa shape index (κ3) is 2.63. The Kier molecular flexibility index (Phi) is 3.95. The van der Waals surface area contributed by atoms with E-state index in [-0.39, 0.29) is 18.5 Å². The number of hydrogen-bond donors (Lipinski definition) is 1. The molecule has 4 rings (SSSR count). The normalized spacial score (nSPS) is 18.6. The number of carbonyl (C=O) groups excluding carboxylic acids is 3. The summed E-state index contributed by atoms with van der Waals surface area (Å²) in [5, 5.41) is 2.98. The highest BCUT2D eigenvalue weighted by atomic mass is 16.2. The minimum Gasteiger partial charge on any atom is -0.374 e. The van der Waals surface area contributed by atoms with E-state index in [0.29, 0.717) is 11.1 Å². The number of nitrogens with zero attached hydrogens (tertiary/aromatic N) is 2. The fourth-order valence-electron chi connectivity index (χ4n) is 3.64. The van der Waals surface area contributed by atoms with Crippen LogP contribution in [-0.2, 0) is 4.79 Å². The van der Waals surface area contributed by atoms with Gasteiger partial charge in [-0.25, -0.2) is 0 Å². The lowest BCUT2D eigenvalue weighted by Gasteiger charge is -2.33. The Balaban J connectivity index is 1.48. The number of imide groups is 1. The Morgan fingerprint density at radius 2 is 1.65 bits per heavy atom. The van der Waals surface area contributed by atoms with Crippen molar-refractivity contribution in [3.05, 3.63) is 65.2 Å². The highest BCUT2D eigenvalue weighted by molar-refractivity contribution is 6.22. The van der Waals surface area contributed by atoms with Gasteiger partial charge in [-0.2, -0.15) is 0 Å². The molecule has 2 heterocycles. The van der Waals surface area contributed by atoms with E-state index in [1.165, 1.54) is 0 Å². The van der Waals surface area contributed by atoms with Crippen molar-refractivity contribution < 1.29 is 14.4 Å². The van der Waals surface area contributed by atoms with E-state index in [9.17, 15) is 14.4 Å². The van der Waals surface area contributed by atoms with E-state index in [1.807, 2.05) is 31.3 Å². The van der Waals surface area contributed by atoms with Crippen molar-refractivity contribution >= 4 is 23.4 Å². The Hall–Kier alpha value is -3.15. The summed E-state index contributed by atoms with van der Waals surface area (Å²) in [6.07, 6.45) is 0.779. The summed E-state index contributed by atoms with van der Waals surface area (Å²) in [6, 6.07) is 14.5. The molecule has 0 spiro atoms. The van der Waals surface area contributed by atoms with Crippen LogP contribution in [0.3, 0.4) is 0 Å². The monoisotopic (exact) mass is 349 g/mol. The van der Waals surface area contributed by atoms with Crippen molar-refractivity contribution in [2.75, 3.05) is 25.0 Å². The molecule has 3 amide bonds. The molecule has 2 aromatic carbocycles. The molecule has 6 nitrogen and oxygen atoms in total. The Labute approximate surface area is 151 Å². The van der Waals surface area contributed by atoms with Gasteiger partial charge >= 0.3 is 0 Å². The van der Waals surface area contributed by atoms with E-state index in [0.717, 1.165) is 29.1 Å². The van der Waals surface area contributed by atoms with Crippen molar-refractivity contribution in [1.29, 1.82) is 0 Å². The number of para-hydroxylation sites is 1. The summed E-state index contributed by atoms with van der Waals surface area (Å²) in [4.78, 5) is 40.5. The summed E-state index contributed by atoms with van der Waals surface area (Å²) in [7, 11) is 2.02. The van der Waals surface area contributed by atoms with Gasteiger partial charge in [-0.15, -0.1) is 0 Å². The largest absolute Gasteiger partial charge is 0.374 e. The van der Waals surface area contributed by atoms with Gasteiger partial charge in [0, 0.05) is 19.3 Å². The summed E-state index contributed by atoms with van der Waals surface area (Å²) in [5.74, 6) is -1.15. The predicted octanol–water partition coefficient (Wildman–Crippen LogP) is 1.98. The van der Waals surface area contributed by atoms with Crippen LogP contribution in [0.4, 0.5) is 5.69 Å². The van der Waals surface area contributed by atoms with E-state index >= 15 is 0 Å². The van der Waals surface area contributed by atoms with E-state index in [4.69, 9.17) is 0 Å². The second-order valence-electron chi connectivity index (χ2n) is 6.63. The molecule has 2 aliphatic heterocycles. The van der Waals surface area contributed by atoms with Crippen molar-refractivity contribution in [3.63, 3.8) is 0 Å². The zero-order valence-electron chi connectivity index (χ0n) is 14.4. The molecule has 26 heavy (non-hydrogen) atoms. The van der Waals surface area contributed by atoms with Crippen LogP contribution < -0.4 is 10.2 Å². The Morgan fingerprint density at radius 1 is 1.04 bits per heavy atom. The molecule has 6 heteroatoms. The second-order valence-corrected chi connectivity index (χ2v) is 6.63. The third-order valence-electron chi connectivity index (χ3n) is 4.99. The van der Waals surface area contributed by atoms with E-state index in [1.54, 1.807) is 24.3 Å². The molecule has 2 aromatic rings. The molecular weight excluding hydrogens is 330 g/mol. The second kappa shape index (κ2) is 6.29. The van der Waals surface area contributed by atoms with Crippen LogP contribution in [0.1, 0.15) is 38.7 Å². The highest BCUT2D eigenvalue weighted by Crippen LogP contribution is 2.32. The quantitative estimate of drug-likeness (QED) is 0.861. The van der Waals surface area contributed by atoms with Gasteiger partial charge < -0.3 is 10.2 Å². The fraction of sp³-hybridized carbons (Fsp3) is 0.250. The molecule has 0 saturated carbocycles. The van der Waals surface area contributed by atoms with Crippen LogP contribution in [0.2, 0.25) is 0 Å². The summed E-state index contributed by atoms with van der Waals surface area (Å²) >= 11 is 0. The number of rotatable bonds is 3. The molecule has 0 aliphatic carbocycles. The average Bonchev–Trinajstić information content (AvgIpc) is 2.90. The number of nitrogens with one attached hydrogen (secondary N) is 1. The molecule has 0 aromatic heterocycles. The summed E-state index contributed by atoms with van der Waals surface area (Å²) in [5.41, 5.74) is 2.85. The van der Waals surface area contributed by atoms with Gasteiger partial charge in [0.2, 0.25) is 5.91 Å². The molecular formula is C20H19N3O3. The zero-order valence-corrected chi connectivity index (χ0v) is 14.4. The van der Waals surface area contributed by atoms with Gasteiger partial charge in [-0.3, -0.25) is 19.3 Å². The lowest BCUT2D eigenvalue weighted by Crippen LogP contribution is -2.43. The number of benzene rings is 2. The van der Waals surface area contributed by atoms with Gasteiger partial charge in [0.05, 0.1) is 17.2 Å².